The molecule has 0 saturated carbocycles. The SMILES string of the molecule is COc1ccc(C(=O)OCC(=O)c2ccc(F)c(F)c2)cc1S(=O)(=O)N(C)C. The van der Waals surface area contributed by atoms with E-state index in [1.165, 1.54) is 33.3 Å². The molecule has 2 aromatic carbocycles. The van der Waals surface area contributed by atoms with Gasteiger partial charge in [-0.05, 0) is 36.4 Å². The maximum Gasteiger partial charge on any atom is 0.338 e. The van der Waals surface area contributed by atoms with Crippen LogP contribution in [0.25, 0.3) is 0 Å². The molecule has 0 aliphatic carbocycles. The first-order valence-electron chi connectivity index (χ1n) is 7.84. The van der Waals surface area contributed by atoms with Crippen molar-refractivity contribution in [3.05, 3.63) is 59.2 Å². The number of ketones is 1. The molecule has 0 unspecified atom stereocenters. The number of methoxy groups -OCH3 is 1. The van der Waals surface area contributed by atoms with Crippen LogP contribution in [0.1, 0.15) is 20.7 Å². The third-order valence-electron chi connectivity index (χ3n) is 3.73. The standard InChI is InChI=1S/C18H17F2NO6S/c1-21(2)28(24,25)17-9-12(5-7-16(17)26-3)18(23)27-10-15(22)11-4-6-13(19)14(20)8-11/h4-9H,10H2,1-3H3. The molecule has 7 nitrogen and oxygen atoms in total. The zero-order valence-corrected chi connectivity index (χ0v) is 16.0. The van der Waals surface area contributed by atoms with Crippen LogP contribution in [-0.4, -0.2) is 52.3 Å². The second-order valence-corrected chi connectivity index (χ2v) is 7.90. The van der Waals surface area contributed by atoms with Crippen molar-refractivity contribution in [1.82, 2.24) is 4.31 Å². The molecule has 28 heavy (non-hydrogen) atoms. The fourth-order valence-electron chi connectivity index (χ4n) is 2.17. The molecule has 150 valence electrons. The van der Waals surface area contributed by atoms with E-state index in [4.69, 9.17) is 9.47 Å². The van der Waals surface area contributed by atoms with Gasteiger partial charge in [0.1, 0.15) is 10.6 Å². The molecule has 0 fully saturated rings. The Morgan fingerprint density at radius 1 is 1.00 bits per heavy atom. The van der Waals surface area contributed by atoms with Crippen molar-refractivity contribution in [3.8, 4) is 5.75 Å². The first-order valence-corrected chi connectivity index (χ1v) is 9.28. The summed E-state index contributed by atoms with van der Waals surface area (Å²) < 4.78 is 61.7. The highest BCUT2D eigenvalue weighted by Gasteiger charge is 2.24. The average Bonchev–Trinajstić information content (AvgIpc) is 2.67. The van der Waals surface area contributed by atoms with E-state index in [0.717, 1.165) is 22.5 Å². The number of rotatable bonds is 7. The van der Waals surface area contributed by atoms with Crippen molar-refractivity contribution < 1.29 is 36.3 Å². The number of halogens is 2. The van der Waals surface area contributed by atoms with Gasteiger partial charge >= 0.3 is 5.97 Å². The minimum absolute atomic E-state index is 0.0307. The van der Waals surface area contributed by atoms with Crippen molar-refractivity contribution in [3.63, 3.8) is 0 Å². The van der Waals surface area contributed by atoms with Gasteiger partial charge in [-0.25, -0.2) is 26.3 Å². The fourth-order valence-corrected chi connectivity index (χ4v) is 3.24. The van der Waals surface area contributed by atoms with Crippen LogP contribution in [0, 0.1) is 11.6 Å². The quantitative estimate of drug-likeness (QED) is 0.511. The van der Waals surface area contributed by atoms with Crippen LogP contribution in [0.15, 0.2) is 41.3 Å². The Hall–Kier alpha value is -2.85. The summed E-state index contributed by atoms with van der Waals surface area (Å²) in [5.74, 6) is -3.99. The van der Waals surface area contributed by atoms with Crippen LogP contribution in [0.4, 0.5) is 8.78 Å². The maximum atomic E-state index is 13.2. The average molecular weight is 413 g/mol. The first kappa shape index (κ1) is 21.5. The summed E-state index contributed by atoms with van der Waals surface area (Å²) in [6, 6.07) is 6.16. The van der Waals surface area contributed by atoms with Crippen LogP contribution >= 0.6 is 0 Å². The number of benzene rings is 2. The molecule has 0 bridgehead atoms. The van der Waals surface area contributed by atoms with E-state index in [-0.39, 0.29) is 21.8 Å². The van der Waals surface area contributed by atoms with Crippen LogP contribution in [0.3, 0.4) is 0 Å². The van der Waals surface area contributed by atoms with Gasteiger partial charge in [-0.15, -0.1) is 0 Å². The van der Waals surface area contributed by atoms with Crippen molar-refractivity contribution in [2.24, 2.45) is 0 Å². The van der Waals surface area contributed by atoms with Gasteiger partial charge < -0.3 is 9.47 Å². The van der Waals surface area contributed by atoms with Gasteiger partial charge in [0.25, 0.3) is 0 Å². The Labute approximate surface area is 160 Å². The third kappa shape index (κ3) is 4.52. The minimum atomic E-state index is -3.90. The predicted octanol–water partition coefficient (Wildman–Crippen LogP) is 2.26. The number of carbonyl (C=O) groups excluding carboxylic acids is 2. The number of nitrogens with zero attached hydrogens (tertiary/aromatic N) is 1. The van der Waals surface area contributed by atoms with Crippen molar-refractivity contribution in [2.45, 2.75) is 4.90 Å². The van der Waals surface area contributed by atoms with Gasteiger partial charge in [-0.1, -0.05) is 0 Å². The molecule has 2 rings (SSSR count). The highest BCUT2D eigenvalue weighted by molar-refractivity contribution is 7.89. The van der Waals surface area contributed by atoms with Crippen LogP contribution in [-0.2, 0) is 14.8 Å². The molecule has 0 radical (unpaired) electrons. The minimum Gasteiger partial charge on any atom is -0.495 e. The summed E-state index contributed by atoms with van der Waals surface area (Å²) in [7, 11) is 0.0173. The van der Waals surface area contributed by atoms with E-state index in [1.54, 1.807) is 0 Å². The van der Waals surface area contributed by atoms with Gasteiger partial charge in [-0.3, -0.25) is 4.79 Å². The van der Waals surface area contributed by atoms with E-state index in [9.17, 15) is 26.8 Å². The topological polar surface area (TPSA) is 90.0 Å². The van der Waals surface area contributed by atoms with E-state index in [2.05, 4.69) is 0 Å². The van der Waals surface area contributed by atoms with Crippen LogP contribution in [0.2, 0.25) is 0 Å². The Balaban J connectivity index is 2.20. The van der Waals surface area contributed by atoms with Gasteiger partial charge in [0.2, 0.25) is 10.0 Å². The third-order valence-corrected chi connectivity index (χ3v) is 5.57. The lowest BCUT2D eigenvalue weighted by molar-refractivity contribution is 0.0474. The molecule has 0 aliphatic rings. The summed E-state index contributed by atoms with van der Waals surface area (Å²) >= 11 is 0. The summed E-state index contributed by atoms with van der Waals surface area (Å²) in [6.07, 6.45) is 0. The van der Waals surface area contributed by atoms with Crippen molar-refractivity contribution in [1.29, 1.82) is 0 Å². The van der Waals surface area contributed by atoms with E-state index in [0.29, 0.717) is 6.07 Å². The number of hydrogen-bond donors (Lipinski definition) is 0. The molecule has 0 heterocycles. The Kier molecular flexibility index (Phi) is 6.47. The summed E-state index contributed by atoms with van der Waals surface area (Å²) in [5.41, 5.74) is -0.295. The summed E-state index contributed by atoms with van der Waals surface area (Å²) in [4.78, 5) is 23.9. The first-order chi connectivity index (χ1) is 13.1. The van der Waals surface area contributed by atoms with Crippen molar-refractivity contribution in [2.75, 3.05) is 27.8 Å². The molecule has 0 saturated heterocycles. The van der Waals surface area contributed by atoms with E-state index >= 15 is 0 Å². The normalized spacial score (nSPS) is 11.4. The van der Waals surface area contributed by atoms with Gasteiger partial charge in [0, 0.05) is 19.7 Å². The van der Waals surface area contributed by atoms with Crippen LogP contribution in [0.5, 0.6) is 5.75 Å². The molecule has 0 atom stereocenters. The molecule has 0 N–H and O–H groups in total. The number of ether oxygens (including phenoxy) is 2. The van der Waals surface area contributed by atoms with E-state index < -0.39 is 40.0 Å². The van der Waals surface area contributed by atoms with E-state index in [1.807, 2.05) is 0 Å². The molecular formula is C18H17F2NO6S. The lowest BCUT2D eigenvalue weighted by Crippen LogP contribution is -2.23. The second kappa shape index (κ2) is 8.44. The van der Waals surface area contributed by atoms with Crippen LogP contribution < -0.4 is 4.74 Å². The number of Topliss-reactive ketones (excluding diaryl/α,β-unsaturated/α-hetero) is 1. The predicted molar refractivity (Wildman–Crippen MR) is 94.8 cm³/mol. The molecule has 0 amide bonds. The van der Waals surface area contributed by atoms with Crippen molar-refractivity contribution >= 4 is 21.8 Å². The summed E-state index contributed by atoms with van der Waals surface area (Å²) in [5, 5.41) is 0. The number of esters is 1. The van der Waals surface area contributed by atoms with Gasteiger partial charge in [0.15, 0.2) is 24.0 Å². The molecular weight excluding hydrogens is 396 g/mol. The summed E-state index contributed by atoms with van der Waals surface area (Å²) in [6.45, 7) is -0.730. The second-order valence-electron chi connectivity index (χ2n) is 5.78. The lowest BCUT2D eigenvalue weighted by Gasteiger charge is -2.15. The van der Waals surface area contributed by atoms with Gasteiger partial charge in [-0.2, -0.15) is 0 Å². The zero-order valence-electron chi connectivity index (χ0n) is 15.2. The number of carbonyl (C=O) groups is 2. The maximum absolute atomic E-state index is 13.2. The Morgan fingerprint density at radius 2 is 1.64 bits per heavy atom. The Bertz CT molecular complexity index is 1020. The molecule has 0 aliphatic heterocycles. The largest absolute Gasteiger partial charge is 0.495 e. The molecule has 0 aromatic heterocycles. The fraction of sp³-hybridized carbons (Fsp3) is 0.222. The lowest BCUT2D eigenvalue weighted by atomic mass is 10.1. The number of hydrogen-bond acceptors (Lipinski definition) is 6. The molecule has 2 aromatic rings. The highest BCUT2D eigenvalue weighted by atomic mass is 32.2. The highest BCUT2D eigenvalue weighted by Crippen LogP contribution is 2.27. The Morgan fingerprint density at radius 3 is 2.21 bits per heavy atom. The smallest absolute Gasteiger partial charge is 0.338 e. The van der Waals surface area contributed by atoms with Gasteiger partial charge in [0.05, 0.1) is 12.7 Å². The molecule has 0 spiro atoms. The number of sulfonamides is 1. The zero-order chi connectivity index (χ0) is 21.1. The monoisotopic (exact) mass is 413 g/mol. The molecule has 10 heteroatoms.